The molecule has 0 saturated heterocycles. The molecule has 0 aliphatic heterocycles. The number of benzene rings is 2. The molecule has 0 aliphatic rings. The first kappa shape index (κ1) is 19.4. The van der Waals surface area contributed by atoms with Crippen molar-refractivity contribution in [2.75, 3.05) is 21.1 Å². The van der Waals surface area contributed by atoms with E-state index in [9.17, 15) is 0 Å². The number of aryl methyl sites for hydroxylation is 2. The Morgan fingerprint density at radius 1 is 0.826 bits per heavy atom. The molecule has 0 aliphatic carbocycles. The van der Waals surface area contributed by atoms with Gasteiger partial charge in [-0.2, -0.15) is 0 Å². The van der Waals surface area contributed by atoms with Gasteiger partial charge < -0.3 is 5.48 Å². The summed E-state index contributed by atoms with van der Waals surface area (Å²) in [5, 5.41) is 0. The summed E-state index contributed by atoms with van der Waals surface area (Å²) in [6.45, 7) is 4.54. The predicted octanol–water partition coefficient (Wildman–Crippen LogP) is 5.01. The first-order chi connectivity index (χ1) is 10.4. The largest absolute Gasteiger partial charge is 0.870 e. The van der Waals surface area contributed by atoms with Crippen LogP contribution in [-0.2, 0) is 12.8 Å². The molecule has 126 valence electrons. The summed E-state index contributed by atoms with van der Waals surface area (Å²) in [4.78, 5) is 0. The lowest BCUT2D eigenvalue weighted by Gasteiger charge is -2.23. The first-order valence-corrected chi connectivity index (χ1v) is 8.40. The molecule has 2 aromatic carbocycles. The number of quaternary nitrogens is 1. The summed E-state index contributed by atoms with van der Waals surface area (Å²) in [6, 6.07) is 18.2. The van der Waals surface area contributed by atoms with Crippen molar-refractivity contribution in [3.63, 3.8) is 0 Å². The van der Waals surface area contributed by atoms with Crippen molar-refractivity contribution >= 4 is 5.69 Å². The summed E-state index contributed by atoms with van der Waals surface area (Å²) in [5.41, 5.74) is 5.67. The topological polar surface area (TPSA) is 30.0 Å². The van der Waals surface area contributed by atoms with Crippen LogP contribution in [0, 0.1) is 0 Å². The molecule has 0 amide bonds. The Hall–Kier alpha value is -1.64. The van der Waals surface area contributed by atoms with Gasteiger partial charge in [0.15, 0.2) is 0 Å². The third-order valence-corrected chi connectivity index (χ3v) is 4.53. The van der Waals surface area contributed by atoms with Crippen LogP contribution in [-0.4, -0.2) is 26.6 Å². The normalized spacial score (nSPS) is 12.6. The SMILES string of the molecule is CCc1ccc(C(C)CCc2ccc([N+](C)(C)C)cc2)cc1.[OH-]. The Bertz CT molecular complexity index is 579. The van der Waals surface area contributed by atoms with Gasteiger partial charge in [0, 0.05) is 0 Å². The van der Waals surface area contributed by atoms with E-state index in [1.807, 2.05) is 0 Å². The molecule has 0 heterocycles. The molecule has 0 saturated carbocycles. The Morgan fingerprint density at radius 2 is 1.35 bits per heavy atom. The van der Waals surface area contributed by atoms with Crippen molar-refractivity contribution in [1.82, 2.24) is 4.48 Å². The lowest BCUT2D eigenvalue weighted by atomic mass is 9.93. The van der Waals surface area contributed by atoms with Crippen LogP contribution in [0.4, 0.5) is 5.69 Å². The lowest BCUT2D eigenvalue weighted by molar-refractivity contribution is 0.486. The highest BCUT2D eigenvalue weighted by Gasteiger charge is 2.11. The van der Waals surface area contributed by atoms with Gasteiger partial charge in [0.05, 0.1) is 21.1 Å². The second-order valence-corrected chi connectivity index (χ2v) is 7.21. The average molecular weight is 313 g/mol. The Balaban J connectivity index is 0.00000264. The maximum Gasteiger partial charge on any atom is 0.132 e. The van der Waals surface area contributed by atoms with E-state index in [-0.39, 0.29) is 5.48 Å². The quantitative estimate of drug-likeness (QED) is 0.690. The zero-order chi connectivity index (χ0) is 16.2. The standard InChI is InChI=1S/C21H30N.H2O/c1-6-18-9-13-20(14-10-18)17(2)7-8-19-11-15-21(16-12-19)22(3,4)5;/h9-17H,6-8H2,1-5H3;1H2/q+1;/p-1. The third-order valence-electron chi connectivity index (χ3n) is 4.53. The van der Waals surface area contributed by atoms with Gasteiger partial charge in [-0.1, -0.05) is 50.2 Å². The molecular weight excluding hydrogens is 282 g/mol. The molecule has 1 unspecified atom stereocenters. The van der Waals surface area contributed by atoms with Gasteiger partial charge in [0.25, 0.3) is 0 Å². The molecule has 1 N–H and O–H groups in total. The van der Waals surface area contributed by atoms with E-state index in [1.54, 1.807) is 0 Å². The van der Waals surface area contributed by atoms with E-state index in [0.29, 0.717) is 5.92 Å². The molecule has 0 fully saturated rings. The molecule has 23 heavy (non-hydrogen) atoms. The van der Waals surface area contributed by atoms with Crippen LogP contribution in [0.2, 0.25) is 0 Å². The van der Waals surface area contributed by atoms with Gasteiger partial charge >= 0.3 is 0 Å². The molecule has 2 rings (SSSR count). The summed E-state index contributed by atoms with van der Waals surface area (Å²) in [6.07, 6.45) is 3.47. The smallest absolute Gasteiger partial charge is 0.132 e. The van der Waals surface area contributed by atoms with E-state index in [1.165, 1.54) is 28.8 Å². The van der Waals surface area contributed by atoms with E-state index < -0.39 is 0 Å². The monoisotopic (exact) mass is 313 g/mol. The minimum absolute atomic E-state index is 0. The average Bonchev–Trinajstić information content (AvgIpc) is 2.52. The highest BCUT2D eigenvalue weighted by atomic mass is 16.0. The molecular formula is C21H31NO. The van der Waals surface area contributed by atoms with Crippen LogP contribution in [0.25, 0.3) is 0 Å². The Labute approximate surface area is 141 Å². The summed E-state index contributed by atoms with van der Waals surface area (Å²) >= 11 is 0. The highest BCUT2D eigenvalue weighted by Crippen LogP contribution is 2.23. The minimum Gasteiger partial charge on any atom is -0.870 e. The van der Waals surface area contributed by atoms with Crippen molar-refractivity contribution in [1.29, 1.82) is 0 Å². The van der Waals surface area contributed by atoms with Crippen LogP contribution >= 0.6 is 0 Å². The van der Waals surface area contributed by atoms with Gasteiger partial charge in [-0.15, -0.1) is 0 Å². The zero-order valence-corrected chi connectivity index (χ0v) is 15.2. The van der Waals surface area contributed by atoms with Crippen LogP contribution in [0.3, 0.4) is 0 Å². The number of hydrogen-bond donors (Lipinski definition) is 0. The van der Waals surface area contributed by atoms with Crippen molar-refractivity contribution in [3.8, 4) is 0 Å². The fraction of sp³-hybridized carbons (Fsp3) is 0.429. The van der Waals surface area contributed by atoms with Crippen molar-refractivity contribution in [2.24, 2.45) is 0 Å². The Morgan fingerprint density at radius 3 is 1.83 bits per heavy atom. The minimum atomic E-state index is 0. The van der Waals surface area contributed by atoms with Crippen LogP contribution < -0.4 is 4.48 Å². The maximum absolute atomic E-state index is 2.33. The van der Waals surface area contributed by atoms with Crippen molar-refractivity contribution in [2.45, 2.75) is 39.0 Å². The van der Waals surface area contributed by atoms with Gasteiger partial charge in [-0.25, -0.2) is 0 Å². The lowest BCUT2D eigenvalue weighted by Crippen LogP contribution is -2.34. The van der Waals surface area contributed by atoms with E-state index in [0.717, 1.165) is 17.3 Å². The summed E-state index contributed by atoms with van der Waals surface area (Å²) in [5.74, 6) is 0.615. The fourth-order valence-electron chi connectivity index (χ4n) is 2.74. The zero-order valence-electron chi connectivity index (χ0n) is 15.2. The van der Waals surface area contributed by atoms with Crippen molar-refractivity contribution < 1.29 is 5.48 Å². The second kappa shape index (κ2) is 8.28. The molecule has 2 nitrogen and oxygen atoms in total. The first-order valence-electron chi connectivity index (χ1n) is 8.40. The van der Waals surface area contributed by atoms with Crippen LogP contribution in [0.15, 0.2) is 48.5 Å². The van der Waals surface area contributed by atoms with E-state index in [2.05, 4.69) is 83.5 Å². The van der Waals surface area contributed by atoms with Crippen molar-refractivity contribution in [3.05, 3.63) is 65.2 Å². The number of hydrogen-bond acceptors (Lipinski definition) is 1. The molecule has 0 spiro atoms. The van der Waals surface area contributed by atoms with Gasteiger partial charge in [0.2, 0.25) is 0 Å². The fourth-order valence-corrected chi connectivity index (χ4v) is 2.74. The number of nitrogens with zero attached hydrogens (tertiary/aromatic N) is 1. The third kappa shape index (κ3) is 5.49. The van der Waals surface area contributed by atoms with Gasteiger partial charge in [-0.05, 0) is 54.0 Å². The molecule has 0 aromatic heterocycles. The maximum atomic E-state index is 2.33. The molecule has 0 bridgehead atoms. The van der Waals surface area contributed by atoms with Crippen LogP contribution in [0.1, 0.15) is 42.9 Å². The van der Waals surface area contributed by atoms with Gasteiger partial charge in [0.1, 0.15) is 5.69 Å². The highest BCUT2D eigenvalue weighted by molar-refractivity contribution is 5.42. The molecule has 2 aromatic rings. The van der Waals surface area contributed by atoms with Crippen LogP contribution in [0.5, 0.6) is 0 Å². The second-order valence-electron chi connectivity index (χ2n) is 7.21. The molecule has 1 atom stereocenters. The molecule has 2 heteroatoms. The summed E-state index contributed by atoms with van der Waals surface area (Å²) in [7, 11) is 6.62. The van der Waals surface area contributed by atoms with Gasteiger partial charge in [-0.3, -0.25) is 4.48 Å². The molecule has 0 radical (unpaired) electrons. The number of rotatable bonds is 6. The summed E-state index contributed by atoms with van der Waals surface area (Å²) < 4.78 is 0.875. The Kier molecular flexibility index (Phi) is 6.99. The van der Waals surface area contributed by atoms with E-state index >= 15 is 0 Å². The predicted molar refractivity (Wildman–Crippen MR) is 100 cm³/mol. The van der Waals surface area contributed by atoms with E-state index in [4.69, 9.17) is 0 Å².